The van der Waals surface area contributed by atoms with E-state index in [1.807, 2.05) is 6.07 Å². The van der Waals surface area contributed by atoms with Gasteiger partial charge in [-0.25, -0.2) is 21.2 Å². The van der Waals surface area contributed by atoms with Crippen LogP contribution in [0.1, 0.15) is 5.56 Å². The van der Waals surface area contributed by atoms with Crippen LogP contribution in [0.15, 0.2) is 82.6 Å². The molecule has 0 unspecified atom stereocenters. The Bertz CT molecular complexity index is 1280. The second kappa shape index (κ2) is 7.90. The molecule has 3 rings (SSSR count). The number of halogens is 1. The van der Waals surface area contributed by atoms with Crippen molar-refractivity contribution < 1.29 is 21.2 Å². The molecular weight excluding hydrogens is 417 g/mol. The fraction of sp³-hybridized carbons (Fsp3) is 0. The Kier molecular flexibility index (Phi) is 5.54. The van der Waals surface area contributed by atoms with Gasteiger partial charge in [0.25, 0.3) is 20.0 Å². The molecule has 3 aromatic rings. The maximum Gasteiger partial charge on any atom is 0.261 e. The lowest BCUT2D eigenvalue weighted by molar-refractivity contribution is 0.598. The van der Waals surface area contributed by atoms with Crippen LogP contribution in [0.3, 0.4) is 0 Å². The Hall–Kier alpha value is -3.42. The molecule has 0 saturated carbocycles. The van der Waals surface area contributed by atoms with Gasteiger partial charge in [-0.2, -0.15) is 5.26 Å². The third-order valence-corrected chi connectivity index (χ3v) is 6.60. The molecule has 7 nitrogen and oxygen atoms in total. The molecule has 0 atom stereocenters. The Morgan fingerprint density at radius 3 is 1.52 bits per heavy atom. The van der Waals surface area contributed by atoms with Crippen LogP contribution in [0.2, 0.25) is 0 Å². The SMILES string of the molecule is N#Cc1ccc(S(=O)(=O)Nc2ccccc2NS(=O)(=O)c2ccc(F)cc2)cc1. The smallest absolute Gasteiger partial charge is 0.261 e. The molecule has 0 aromatic heterocycles. The van der Waals surface area contributed by atoms with Gasteiger partial charge >= 0.3 is 0 Å². The molecule has 2 N–H and O–H groups in total. The van der Waals surface area contributed by atoms with Crippen LogP contribution in [-0.4, -0.2) is 16.8 Å². The highest BCUT2D eigenvalue weighted by molar-refractivity contribution is 7.93. The van der Waals surface area contributed by atoms with Crippen LogP contribution in [-0.2, 0) is 20.0 Å². The molecule has 0 aliphatic heterocycles. The van der Waals surface area contributed by atoms with Gasteiger partial charge in [0.1, 0.15) is 5.82 Å². The molecular formula is C19H14FN3O4S2. The second-order valence-corrected chi connectivity index (χ2v) is 9.21. The Morgan fingerprint density at radius 1 is 0.690 bits per heavy atom. The summed E-state index contributed by atoms with van der Waals surface area (Å²) in [7, 11) is -8.10. The van der Waals surface area contributed by atoms with E-state index in [1.165, 1.54) is 48.5 Å². The minimum Gasteiger partial charge on any atom is -0.277 e. The topological polar surface area (TPSA) is 116 Å². The number of rotatable bonds is 6. The van der Waals surface area contributed by atoms with Crippen molar-refractivity contribution in [1.29, 1.82) is 5.26 Å². The fourth-order valence-electron chi connectivity index (χ4n) is 2.39. The summed E-state index contributed by atoms with van der Waals surface area (Å²) >= 11 is 0. The van der Waals surface area contributed by atoms with E-state index >= 15 is 0 Å². The van der Waals surface area contributed by atoms with Crippen LogP contribution in [0.4, 0.5) is 15.8 Å². The van der Waals surface area contributed by atoms with Crippen molar-refractivity contribution in [3.63, 3.8) is 0 Å². The van der Waals surface area contributed by atoms with E-state index in [4.69, 9.17) is 5.26 Å². The third-order valence-electron chi connectivity index (χ3n) is 3.83. The summed E-state index contributed by atoms with van der Waals surface area (Å²) < 4.78 is 68.0. The lowest BCUT2D eigenvalue weighted by Crippen LogP contribution is -2.17. The number of nitrogens with zero attached hydrogens (tertiary/aromatic N) is 1. The van der Waals surface area contributed by atoms with Crippen molar-refractivity contribution in [2.75, 3.05) is 9.44 Å². The molecule has 29 heavy (non-hydrogen) atoms. The lowest BCUT2D eigenvalue weighted by Gasteiger charge is -2.14. The Labute approximate surface area is 167 Å². The number of benzene rings is 3. The van der Waals surface area contributed by atoms with E-state index in [2.05, 4.69) is 9.44 Å². The van der Waals surface area contributed by atoms with Crippen LogP contribution >= 0.6 is 0 Å². The van der Waals surface area contributed by atoms with Gasteiger partial charge in [-0.05, 0) is 60.7 Å². The first-order valence-electron chi connectivity index (χ1n) is 8.12. The van der Waals surface area contributed by atoms with Gasteiger partial charge < -0.3 is 0 Å². The molecule has 0 aliphatic rings. The average molecular weight is 431 g/mol. The molecule has 0 radical (unpaired) electrons. The molecule has 10 heteroatoms. The highest BCUT2D eigenvalue weighted by Crippen LogP contribution is 2.27. The van der Waals surface area contributed by atoms with Crippen molar-refractivity contribution in [1.82, 2.24) is 0 Å². The second-order valence-electron chi connectivity index (χ2n) is 5.85. The Balaban J connectivity index is 1.90. The highest BCUT2D eigenvalue weighted by atomic mass is 32.2. The number of hydrogen-bond acceptors (Lipinski definition) is 5. The number of anilines is 2. The van der Waals surface area contributed by atoms with E-state index in [0.717, 1.165) is 24.3 Å². The predicted octanol–water partition coefficient (Wildman–Crippen LogP) is 3.30. The van der Waals surface area contributed by atoms with E-state index < -0.39 is 25.9 Å². The van der Waals surface area contributed by atoms with Crippen molar-refractivity contribution in [2.45, 2.75) is 9.79 Å². The summed E-state index contributed by atoms with van der Waals surface area (Å²) in [5.41, 5.74) is 0.299. The number of sulfonamides is 2. The molecule has 0 amide bonds. The van der Waals surface area contributed by atoms with Gasteiger partial charge in [0, 0.05) is 0 Å². The maximum absolute atomic E-state index is 13.1. The average Bonchev–Trinajstić information content (AvgIpc) is 2.69. The van der Waals surface area contributed by atoms with Gasteiger partial charge in [-0.15, -0.1) is 0 Å². The zero-order chi connectivity index (χ0) is 21.1. The van der Waals surface area contributed by atoms with Gasteiger partial charge in [-0.3, -0.25) is 9.44 Å². The number of hydrogen-bond donors (Lipinski definition) is 2. The van der Waals surface area contributed by atoms with E-state index in [0.29, 0.717) is 5.56 Å². The number of nitriles is 1. The minimum atomic E-state index is -4.07. The monoisotopic (exact) mass is 431 g/mol. The zero-order valence-electron chi connectivity index (χ0n) is 14.7. The standard InChI is InChI=1S/C19H14FN3O4S2/c20-15-7-11-17(12-8-15)29(26,27)23-19-4-2-1-3-18(19)22-28(24,25)16-9-5-14(13-21)6-10-16/h1-12,22-23H. The largest absolute Gasteiger partial charge is 0.277 e. The maximum atomic E-state index is 13.1. The summed E-state index contributed by atoms with van der Waals surface area (Å²) in [6, 6.07) is 17.2. The van der Waals surface area contributed by atoms with Crippen LogP contribution in [0, 0.1) is 17.1 Å². The van der Waals surface area contributed by atoms with Crippen molar-refractivity contribution >= 4 is 31.4 Å². The normalized spacial score (nSPS) is 11.4. The number of para-hydroxylation sites is 2. The number of nitrogens with one attached hydrogen (secondary N) is 2. The first-order valence-corrected chi connectivity index (χ1v) is 11.1. The first kappa shape index (κ1) is 20.3. The summed E-state index contributed by atoms with van der Waals surface area (Å²) in [5, 5.41) is 8.82. The van der Waals surface area contributed by atoms with Gasteiger partial charge in [0.2, 0.25) is 0 Å². The van der Waals surface area contributed by atoms with Gasteiger partial charge in [0.05, 0.1) is 32.8 Å². The quantitative estimate of drug-likeness (QED) is 0.621. The van der Waals surface area contributed by atoms with E-state index in [-0.39, 0.29) is 21.2 Å². The summed E-state index contributed by atoms with van der Waals surface area (Å²) in [6.07, 6.45) is 0. The molecule has 3 aromatic carbocycles. The van der Waals surface area contributed by atoms with E-state index in [9.17, 15) is 21.2 Å². The van der Waals surface area contributed by atoms with Crippen LogP contribution in [0.5, 0.6) is 0 Å². The zero-order valence-corrected chi connectivity index (χ0v) is 16.3. The summed E-state index contributed by atoms with van der Waals surface area (Å²) in [5.74, 6) is -0.584. The van der Waals surface area contributed by atoms with E-state index in [1.54, 1.807) is 0 Å². The minimum absolute atomic E-state index is 0.00236. The Morgan fingerprint density at radius 2 is 1.10 bits per heavy atom. The highest BCUT2D eigenvalue weighted by Gasteiger charge is 2.19. The summed E-state index contributed by atoms with van der Waals surface area (Å²) in [6.45, 7) is 0. The predicted molar refractivity (Wildman–Crippen MR) is 106 cm³/mol. The lowest BCUT2D eigenvalue weighted by atomic mass is 10.2. The van der Waals surface area contributed by atoms with Crippen LogP contribution in [0.25, 0.3) is 0 Å². The molecule has 0 fully saturated rings. The first-order chi connectivity index (χ1) is 13.7. The fourth-order valence-corrected chi connectivity index (χ4v) is 4.55. The molecule has 0 bridgehead atoms. The molecule has 148 valence electrons. The van der Waals surface area contributed by atoms with Crippen molar-refractivity contribution in [3.05, 3.63) is 84.2 Å². The van der Waals surface area contributed by atoms with Crippen molar-refractivity contribution in [3.8, 4) is 6.07 Å². The summed E-state index contributed by atoms with van der Waals surface area (Å²) in [4.78, 5) is -0.267. The van der Waals surface area contributed by atoms with Gasteiger partial charge in [-0.1, -0.05) is 12.1 Å². The van der Waals surface area contributed by atoms with Crippen molar-refractivity contribution in [2.24, 2.45) is 0 Å². The molecule has 0 spiro atoms. The van der Waals surface area contributed by atoms with Gasteiger partial charge in [0.15, 0.2) is 0 Å². The molecule has 0 saturated heterocycles. The van der Waals surface area contributed by atoms with Crippen LogP contribution < -0.4 is 9.44 Å². The third kappa shape index (κ3) is 4.71. The molecule has 0 heterocycles. The molecule has 0 aliphatic carbocycles.